The molecule has 158 valence electrons. The van der Waals surface area contributed by atoms with E-state index >= 15 is 0 Å². The molecule has 3 rings (SSSR count). The van der Waals surface area contributed by atoms with Crippen LogP contribution in [0, 0.1) is 11.3 Å². The van der Waals surface area contributed by atoms with E-state index in [1.54, 1.807) is 49.6 Å². The predicted molar refractivity (Wildman–Crippen MR) is 119 cm³/mol. The second kappa shape index (κ2) is 10.6. The number of hydrogen-bond acceptors (Lipinski definition) is 6. The van der Waals surface area contributed by atoms with Gasteiger partial charge in [-0.1, -0.05) is 23.4 Å². The molecule has 0 aliphatic rings. The van der Waals surface area contributed by atoms with Gasteiger partial charge in [0.25, 0.3) is 5.91 Å². The van der Waals surface area contributed by atoms with Gasteiger partial charge in [-0.3, -0.25) is 4.79 Å². The Labute approximate surface area is 189 Å². The Morgan fingerprint density at radius 2 is 1.94 bits per heavy atom. The van der Waals surface area contributed by atoms with Crippen LogP contribution < -0.4 is 14.8 Å². The zero-order valence-electron chi connectivity index (χ0n) is 16.8. The molecule has 1 heterocycles. The molecule has 0 bridgehead atoms. The molecule has 0 spiro atoms. The lowest BCUT2D eigenvalue weighted by atomic mass is 10.1. The monoisotopic (exact) mass is 454 g/mol. The van der Waals surface area contributed by atoms with Crippen LogP contribution in [-0.2, 0) is 11.3 Å². The number of nitriles is 1. The summed E-state index contributed by atoms with van der Waals surface area (Å²) in [5.74, 6) is 1.13. The van der Waals surface area contributed by atoms with Crippen molar-refractivity contribution >= 4 is 35.3 Å². The summed E-state index contributed by atoms with van der Waals surface area (Å²) >= 11 is 7.31. The van der Waals surface area contributed by atoms with Crippen LogP contribution in [0.3, 0.4) is 0 Å². The second-order valence-corrected chi connectivity index (χ2v) is 7.76. The number of benzene rings is 2. The topological polar surface area (TPSA) is 84.5 Å². The van der Waals surface area contributed by atoms with Crippen LogP contribution in [0.2, 0.25) is 5.02 Å². The SMILES string of the molecule is COc1ccc(CNC(=O)/C(C#N)=C/c2ccc(Sc3ccc(Cl)cc3)o2)c(OC)c1. The average molecular weight is 455 g/mol. The highest BCUT2D eigenvalue weighted by Crippen LogP contribution is 2.30. The van der Waals surface area contributed by atoms with Crippen molar-refractivity contribution in [3.05, 3.63) is 76.5 Å². The zero-order chi connectivity index (χ0) is 22.2. The van der Waals surface area contributed by atoms with Crippen LogP contribution >= 0.6 is 23.4 Å². The van der Waals surface area contributed by atoms with Gasteiger partial charge in [0.15, 0.2) is 5.09 Å². The van der Waals surface area contributed by atoms with Gasteiger partial charge in [-0.25, -0.2) is 0 Å². The number of nitrogens with zero attached hydrogens (tertiary/aromatic N) is 1. The van der Waals surface area contributed by atoms with Gasteiger partial charge in [0.1, 0.15) is 28.9 Å². The molecule has 31 heavy (non-hydrogen) atoms. The maximum Gasteiger partial charge on any atom is 0.262 e. The first-order chi connectivity index (χ1) is 15.0. The van der Waals surface area contributed by atoms with Crippen LogP contribution in [-0.4, -0.2) is 20.1 Å². The summed E-state index contributed by atoms with van der Waals surface area (Å²) < 4.78 is 16.2. The lowest BCUT2D eigenvalue weighted by Crippen LogP contribution is -2.24. The number of hydrogen-bond donors (Lipinski definition) is 1. The molecular formula is C23H19ClN2O4S. The largest absolute Gasteiger partial charge is 0.497 e. The molecule has 1 N–H and O–H groups in total. The molecule has 0 atom stereocenters. The molecule has 0 radical (unpaired) electrons. The molecule has 6 nitrogen and oxygen atoms in total. The van der Waals surface area contributed by atoms with Crippen LogP contribution in [0.1, 0.15) is 11.3 Å². The van der Waals surface area contributed by atoms with E-state index in [4.69, 9.17) is 25.5 Å². The number of nitrogens with one attached hydrogen (secondary N) is 1. The number of rotatable bonds is 8. The van der Waals surface area contributed by atoms with Crippen molar-refractivity contribution in [2.24, 2.45) is 0 Å². The van der Waals surface area contributed by atoms with E-state index in [1.807, 2.05) is 18.2 Å². The standard InChI is InChI=1S/C23H19ClN2O4S/c1-28-18-6-3-15(21(12-18)29-2)14-26-23(27)16(13-25)11-19-7-10-22(30-19)31-20-8-4-17(24)5-9-20/h3-12H,14H2,1-2H3,(H,26,27)/b16-11+. The number of ether oxygens (including phenoxy) is 2. The first-order valence-electron chi connectivity index (χ1n) is 9.16. The van der Waals surface area contributed by atoms with Gasteiger partial charge in [-0.15, -0.1) is 0 Å². The molecular weight excluding hydrogens is 436 g/mol. The second-order valence-electron chi connectivity index (χ2n) is 6.24. The Balaban J connectivity index is 1.66. The number of furan rings is 1. The van der Waals surface area contributed by atoms with E-state index in [9.17, 15) is 10.1 Å². The minimum absolute atomic E-state index is 0.0649. The summed E-state index contributed by atoms with van der Waals surface area (Å²) in [6, 6.07) is 18.0. The van der Waals surface area contributed by atoms with E-state index in [-0.39, 0.29) is 12.1 Å². The fourth-order valence-electron chi connectivity index (χ4n) is 2.65. The Morgan fingerprint density at radius 3 is 2.61 bits per heavy atom. The highest BCUT2D eigenvalue weighted by Gasteiger charge is 2.13. The molecule has 8 heteroatoms. The van der Waals surface area contributed by atoms with Crippen molar-refractivity contribution in [3.8, 4) is 17.6 Å². The summed E-state index contributed by atoms with van der Waals surface area (Å²) in [7, 11) is 3.10. The lowest BCUT2D eigenvalue weighted by molar-refractivity contribution is -0.117. The number of halogens is 1. The molecule has 0 saturated carbocycles. The number of carbonyl (C=O) groups excluding carboxylic acids is 1. The summed E-state index contributed by atoms with van der Waals surface area (Å²) in [6.45, 7) is 0.195. The summed E-state index contributed by atoms with van der Waals surface area (Å²) in [5.41, 5.74) is 0.693. The number of amides is 1. The Kier molecular flexibility index (Phi) is 7.65. The van der Waals surface area contributed by atoms with Crippen molar-refractivity contribution in [2.45, 2.75) is 16.5 Å². The lowest BCUT2D eigenvalue weighted by Gasteiger charge is -2.11. The van der Waals surface area contributed by atoms with E-state index < -0.39 is 5.91 Å². The maximum atomic E-state index is 12.5. The van der Waals surface area contributed by atoms with E-state index in [0.717, 1.165) is 10.5 Å². The van der Waals surface area contributed by atoms with Crippen LogP contribution in [0.15, 0.2) is 74.6 Å². The molecule has 0 saturated heterocycles. The molecule has 0 aliphatic heterocycles. The van der Waals surface area contributed by atoms with Gasteiger partial charge in [-0.05, 0) is 48.5 Å². The summed E-state index contributed by atoms with van der Waals surface area (Å²) in [5, 5.41) is 13.4. The molecule has 0 fully saturated rings. The van der Waals surface area contributed by atoms with Crippen molar-refractivity contribution in [3.63, 3.8) is 0 Å². The number of carbonyl (C=O) groups is 1. The van der Waals surface area contributed by atoms with Crippen molar-refractivity contribution in [1.29, 1.82) is 5.26 Å². The summed E-state index contributed by atoms with van der Waals surface area (Å²) in [6.07, 6.45) is 1.41. The highest BCUT2D eigenvalue weighted by molar-refractivity contribution is 7.99. The Morgan fingerprint density at radius 1 is 1.16 bits per heavy atom. The first kappa shape index (κ1) is 22.3. The number of methoxy groups -OCH3 is 2. The van der Waals surface area contributed by atoms with Gasteiger partial charge in [0.2, 0.25) is 0 Å². The van der Waals surface area contributed by atoms with Gasteiger partial charge in [0, 0.05) is 34.2 Å². The van der Waals surface area contributed by atoms with Crippen LogP contribution in [0.25, 0.3) is 6.08 Å². The van der Waals surface area contributed by atoms with E-state index in [0.29, 0.717) is 27.4 Å². The van der Waals surface area contributed by atoms with Gasteiger partial charge in [0.05, 0.1) is 14.2 Å². The van der Waals surface area contributed by atoms with Crippen molar-refractivity contribution < 1.29 is 18.7 Å². The zero-order valence-corrected chi connectivity index (χ0v) is 18.4. The smallest absolute Gasteiger partial charge is 0.262 e. The van der Waals surface area contributed by atoms with Gasteiger partial charge >= 0.3 is 0 Å². The minimum atomic E-state index is -0.510. The average Bonchev–Trinajstić information content (AvgIpc) is 3.24. The van der Waals surface area contributed by atoms with Crippen LogP contribution in [0.4, 0.5) is 0 Å². The Hall–Kier alpha value is -3.34. The molecule has 0 aliphatic carbocycles. The third-order valence-corrected chi connectivity index (χ3v) is 5.40. The van der Waals surface area contributed by atoms with Gasteiger partial charge < -0.3 is 19.2 Å². The fraction of sp³-hybridized carbons (Fsp3) is 0.130. The molecule has 3 aromatic rings. The normalized spacial score (nSPS) is 11.0. The van der Waals surface area contributed by atoms with E-state index in [1.165, 1.54) is 24.9 Å². The fourth-order valence-corrected chi connectivity index (χ4v) is 3.55. The van der Waals surface area contributed by atoms with Gasteiger partial charge in [-0.2, -0.15) is 5.26 Å². The quantitative estimate of drug-likeness (QED) is 0.366. The van der Waals surface area contributed by atoms with Crippen molar-refractivity contribution in [2.75, 3.05) is 14.2 Å². The summed E-state index contributed by atoms with van der Waals surface area (Å²) in [4.78, 5) is 13.4. The molecule has 1 aromatic heterocycles. The maximum absolute atomic E-state index is 12.5. The third-order valence-electron chi connectivity index (χ3n) is 4.22. The van der Waals surface area contributed by atoms with E-state index in [2.05, 4.69) is 5.32 Å². The highest BCUT2D eigenvalue weighted by atomic mass is 35.5. The molecule has 2 aromatic carbocycles. The van der Waals surface area contributed by atoms with Crippen molar-refractivity contribution in [1.82, 2.24) is 5.32 Å². The molecule has 1 amide bonds. The first-order valence-corrected chi connectivity index (χ1v) is 10.4. The Bertz CT molecular complexity index is 1130. The minimum Gasteiger partial charge on any atom is -0.497 e. The predicted octanol–water partition coefficient (Wildman–Crippen LogP) is 5.32. The third kappa shape index (κ3) is 6.07. The van der Waals surface area contributed by atoms with Crippen LogP contribution in [0.5, 0.6) is 11.5 Å². The molecule has 0 unspecified atom stereocenters.